The normalized spacial score (nSPS) is 34.5. The number of nitrogens with zero attached hydrogens (tertiary/aromatic N) is 4. The van der Waals surface area contributed by atoms with E-state index in [1.807, 2.05) is 30.3 Å². The standard InChI is InChI=1S/C26H29F2N5O.C5H8N2/c27-26(28)12-20(13-29)33(16-26)23(34)14-30-24-8-17-7-18(9-24)11-25(10-17,15-24)32-22-6-5-19-3-1-2-4-21(19)31-22;6-4-5-2-1-3-7-5/h1-6,17-18,20,30H,7-12,14-16H2,(H,31,32);5,7H,1-3H2/t17?,18?,20-,24?,25?;/m0./s1. The van der Waals surface area contributed by atoms with E-state index in [1.165, 1.54) is 6.42 Å². The Hall–Kier alpha value is -3.34. The molecule has 10 heteroatoms. The lowest BCUT2D eigenvalue weighted by Crippen LogP contribution is -2.67. The molecule has 0 radical (unpaired) electrons. The summed E-state index contributed by atoms with van der Waals surface area (Å²) in [7, 11) is 0. The average Bonchev–Trinajstić information content (AvgIpc) is 3.58. The minimum Gasteiger partial charge on any atom is -0.365 e. The third-order valence-corrected chi connectivity index (χ3v) is 9.62. The molecule has 4 aliphatic carbocycles. The predicted molar refractivity (Wildman–Crippen MR) is 151 cm³/mol. The molecule has 216 valence electrons. The Bertz CT molecular complexity index is 1360. The predicted octanol–water partition coefficient (Wildman–Crippen LogP) is 4.35. The van der Waals surface area contributed by atoms with Crippen molar-refractivity contribution < 1.29 is 13.6 Å². The summed E-state index contributed by atoms with van der Waals surface area (Å²) in [6, 6.07) is 15.3. The van der Waals surface area contributed by atoms with Crippen molar-refractivity contribution in [1.29, 1.82) is 10.5 Å². The summed E-state index contributed by atoms with van der Waals surface area (Å²) in [6.07, 6.45) is 7.90. The van der Waals surface area contributed by atoms with Gasteiger partial charge in [0.15, 0.2) is 0 Å². The molecular formula is C31H37F2N7O. The maximum Gasteiger partial charge on any atom is 0.268 e. The van der Waals surface area contributed by atoms with Gasteiger partial charge in [-0.05, 0) is 87.9 Å². The number of benzene rings is 1. The van der Waals surface area contributed by atoms with E-state index in [4.69, 9.17) is 10.2 Å². The monoisotopic (exact) mass is 561 g/mol. The summed E-state index contributed by atoms with van der Waals surface area (Å²) in [5.74, 6) is -1.38. The van der Waals surface area contributed by atoms with Crippen molar-refractivity contribution in [2.75, 3.05) is 25.0 Å². The zero-order valence-corrected chi connectivity index (χ0v) is 23.2. The SMILES string of the molecule is N#CC1CCCN1.N#C[C@@H]1CC(F)(F)CN1C(=O)CNC12CC3CC(C1)CC(Nc1ccc4ccccc4n1)(C3)C2. The highest BCUT2D eigenvalue weighted by molar-refractivity contribution is 5.80. The van der Waals surface area contributed by atoms with Crippen LogP contribution in [0.15, 0.2) is 36.4 Å². The summed E-state index contributed by atoms with van der Waals surface area (Å²) < 4.78 is 27.6. The number of likely N-dealkylation sites (tertiary alicyclic amines) is 1. The van der Waals surface area contributed by atoms with Crippen LogP contribution in [-0.2, 0) is 4.79 Å². The summed E-state index contributed by atoms with van der Waals surface area (Å²) in [5.41, 5.74) is 0.699. The average molecular weight is 562 g/mol. The largest absolute Gasteiger partial charge is 0.365 e. The van der Waals surface area contributed by atoms with Gasteiger partial charge in [-0.2, -0.15) is 10.5 Å². The molecule has 3 unspecified atom stereocenters. The Kier molecular flexibility index (Phi) is 7.33. The lowest BCUT2D eigenvalue weighted by Gasteiger charge is -2.62. The number of amides is 1. The van der Waals surface area contributed by atoms with Crippen LogP contribution in [0.4, 0.5) is 14.6 Å². The van der Waals surface area contributed by atoms with Gasteiger partial charge in [-0.25, -0.2) is 13.8 Å². The van der Waals surface area contributed by atoms with E-state index in [1.54, 1.807) is 0 Å². The number of hydrogen-bond acceptors (Lipinski definition) is 7. The molecule has 4 saturated carbocycles. The summed E-state index contributed by atoms with van der Waals surface area (Å²) in [5, 5.41) is 28.9. The van der Waals surface area contributed by atoms with Gasteiger partial charge in [0, 0.05) is 22.9 Å². The second kappa shape index (κ2) is 10.8. The van der Waals surface area contributed by atoms with Crippen molar-refractivity contribution in [2.45, 2.75) is 86.9 Å². The first-order chi connectivity index (χ1) is 19.7. The van der Waals surface area contributed by atoms with Crippen molar-refractivity contribution in [3.05, 3.63) is 36.4 Å². The van der Waals surface area contributed by atoms with Crippen molar-refractivity contribution in [3.8, 4) is 12.1 Å². The van der Waals surface area contributed by atoms with Gasteiger partial charge in [-0.1, -0.05) is 18.2 Å². The van der Waals surface area contributed by atoms with E-state index in [-0.39, 0.29) is 23.7 Å². The number of halogens is 2. The molecule has 4 atom stereocenters. The summed E-state index contributed by atoms with van der Waals surface area (Å²) >= 11 is 0. The van der Waals surface area contributed by atoms with E-state index in [0.717, 1.165) is 73.1 Å². The van der Waals surface area contributed by atoms with Crippen LogP contribution < -0.4 is 16.0 Å². The van der Waals surface area contributed by atoms with Gasteiger partial charge >= 0.3 is 0 Å². The van der Waals surface area contributed by atoms with Gasteiger partial charge < -0.3 is 20.9 Å². The van der Waals surface area contributed by atoms with E-state index in [9.17, 15) is 18.8 Å². The second-order valence-electron chi connectivity index (χ2n) is 12.9. The van der Waals surface area contributed by atoms with E-state index in [2.05, 4.69) is 34.2 Å². The fourth-order valence-electron chi connectivity index (χ4n) is 8.38. The molecule has 6 aliphatic rings. The Morgan fingerprint density at radius 3 is 2.49 bits per heavy atom. The van der Waals surface area contributed by atoms with Gasteiger partial charge in [0.2, 0.25) is 5.91 Å². The third kappa shape index (κ3) is 5.86. The smallest absolute Gasteiger partial charge is 0.268 e. The van der Waals surface area contributed by atoms with Crippen LogP contribution in [-0.4, -0.2) is 64.5 Å². The number of nitriles is 2. The van der Waals surface area contributed by atoms with Crippen LogP contribution in [0.1, 0.15) is 57.8 Å². The molecular weight excluding hydrogens is 524 g/mol. The molecule has 3 heterocycles. The molecule has 2 aromatic rings. The molecule has 1 aromatic heterocycles. The number of pyridine rings is 1. The molecule has 4 bridgehead atoms. The highest BCUT2D eigenvalue weighted by Gasteiger charge is 2.58. The van der Waals surface area contributed by atoms with Crippen LogP contribution in [0.3, 0.4) is 0 Å². The number of carbonyl (C=O) groups excluding carboxylic acids is 1. The first-order valence-corrected chi connectivity index (χ1v) is 14.8. The summed E-state index contributed by atoms with van der Waals surface area (Å²) in [6.45, 7) is 0.360. The van der Waals surface area contributed by atoms with E-state index < -0.39 is 30.8 Å². The molecule has 1 aromatic carbocycles. The number of alkyl halides is 2. The minimum atomic E-state index is -2.99. The van der Waals surface area contributed by atoms with Crippen LogP contribution in [0, 0.1) is 34.5 Å². The van der Waals surface area contributed by atoms with Crippen molar-refractivity contribution in [1.82, 2.24) is 20.5 Å². The van der Waals surface area contributed by atoms with Gasteiger partial charge in [-0.15, -0.1) is 0 Å². The zero-order chi connectivity index (χ0) is 28.7. The lowest BCUT2D eigenvalue weighted by molar-refractivity contribution is -0.132. The van der Waals surface area contributed by atoms with Crippen LogP contribution >= 0.6 is 0 Å². The molecule has 2 aliphatic heterocycles. The molecule has 8 rings (SSSR count). The highest BCUT2D eigenvalue weighted by Crippen LogP contribution is 2.58. The Labute approximate surface area is 239 Å². The molecule has 0 spiro atoms. The maximum absolute atomic E-state index is 13.8. The molecule has 1 amide bonds. The fourth-order valence-corrected chi connectivity index (χ4v) is 8.38. The third-order valence-electron chi connectivity index (χ3n) is 9.62. The Balaban J connectivity index is 0.000000380. The number of para-hydroxylation sites is 1. The first-order valence-electron chi connectivity index (χ1n) is 14.8. The van der Waals surface area contributed by atoms with Crippen molar-refractivity contribution in [3.63, 3.8) is 0 Å². The van der Waals surface area contributed by atoms with Gasteiger partial charge in [0.25, 0.3) is 5.92 Å². The Morgan fingerprint density at radius 2 is 1.80 bits per heavy atom. The minimum absolute atomic E-state index is 0.00198. The zero-order valence-electron chi connectivity index (χ0n) is 23.2. The lowest BCUT2D eigenvalue weighted by atomic mass is 9.50. The molecule has 6 fully saturated rings. The number of aromatic nitrogens is 1. The van der Waals surface area contributed by atoms with E-state index in [0.29, 0.717) is 11.8 Å². The molecule has 3 N–H and O–H groups in total. The number of rotatable bonds is 5. The quantitative estimate of drug-likeness (QED) is 0.497. The topological polar surface area (TPSA) is 117 Å². The van der Waals surface area contributed by atoms with Crippen LogP contribution in [0.5, 0.6) is 0 Å². The molecule has 41 heavy (non-hydrogen) atoms. The van der Waals surface area contributed by atoms with E-state index >= 15 is 0 Å². The van der Waals surface area contributed by atoms with Crippen molar-refractivity contribution in [2.24, 2.45) is 11.8 Å². The number of nitrogens with one attached hydrogen (secondary N) is 3. The number of anilines is 1. The van der Waals surface area contributed by atoms with Gasteiger partial charge in [-0.3, -0.25) is 4.79 Å². The Morgan fingerprint density at radius 1 is 1.05 bits per heavy atom. The number of hydrogen-bond donors (Lipinski definition) is 3. The van der Waals surface area contributed by atoms with Crippen LogP contribution in [0.25, 0.3) is 10.9 Å². The first kappa shape index (κ1) is 27.8. The number of carbonyl (C=O) groups is 1. The van der Waals surface area contributed by atoms with Crippen LogP contribution in [0.2, 0.25) is 0 Å². The summed E-state index contributed by atoms with van der Waals surface area (Å²) in [4.78, 5) is 18.7. The van der Waals surface area contributed by atoms with Gasteiger partial charge in [0.05, 0.1) is 36.8 Å². The number of fused-ring (bicyclic) bond motifs is 1. The fraction of sp³-hybridized carbons (Fsp3) is 0.613. The van der Waals surface area contributed by atoms with Gasteiger partial charge in [0.1, 0.15) is 11.9 Å². The second-order valence-corrected chi connectivity index (χ2v) is 12.9. The van der Waals surface area contributed by atoms with Crippen molar-refractivity contribution >= 4 is 22.6 Å². The maximum atomic E-state index is 13.8. The molecule has 8 nitrogen and oxygen atoms in total. The molecule has 2 saturated heterocycles. The highest BCUT2D eigenvalue weighted by atomic mass is 19.3.